The maximum Gasteiger partial charge on any atom is 0.272 e. The Morgan fingerprint density at radius 2 is 1.92 bits per heavy atom. The van der Waals surface area contributed by atoms with Crippen LogP contribution in [0.25, 0.3) is 0 Å². The average Bonchev–Trinajstić information content (AvgIpc) is 2.65. The van der Waals surface area contributed by atoms with E-state index >= 15 is 0 Å². The second-order valence-electron chi connectivity index (χ2n) is 5.64. The minimum atomic E-state index is -0.499. The summed E-state index contributed by atoms with van der Waals surface area (Å²) < 4.78 is 0. The van der Waals surface area contributed by atoms with Crippen molar-refractivity contribution in [1.29, 1.82) is 0 Å². The zero-order chi connectivity index (χ0) is 18.9. The highest BCUT2D eigenvalue weighted by Crippen LogP contribution is 2.18. The molecule has 1 heterocycles. The maximum atomic E-state index is 12.2. The molecular weight excluding hydrogens is 372 g/mol. The van der Waals surface area contributed by atoms with Crippen molar-refractivity contribution in [3.63, 3.8) is 0 Å². The molecule has 1 aromatic carbocycles. The topological polar surface area (TPSA) is 84.0 Å². The Morgan fingerprint density at radius 1 is 1.19 bits per heavy atom. The van der Waals surface area contributed by atoms with Crippen LogP contribution >= 0.6 is 23.4 Å². The molecule has 0 atom stereocenters. The molecule has 138 valence electrons. The number of nitrogens with one attached hydrogen (secondary N) is 2. The molecule has 0 aliphatic rings. The number of nitrogens with zero attached hydrogens (tertiary/aromatic N) is 2. The van der Waals surface area contributed by atoms with E-state index in [4.69, 9.17) is 11.6 Å². The zero-order valence-electron chi connectivity index (χ0n) is 14.7. The Kier molecular flexibility index (Phi) is 7.87. The van der Waals surface area contributed by atoms with Gasteiger partial charge in [0.25, 0.3) is 5.91 Å². The standard InChI is InChI=1S/C18H21ClN4O2S/c1-3-8-26-18-22-10-14(19)16(23-18)17(25)21-11-15(24)20-9-13-6-4-12(2)5-7-13/h4-7,10H,3,8-9,11H2,1-2H3,(H,20,24)(H,21,25). The fourth-order valence-electron chi connectivity index (χ4n) is 1.99. The fraction of sp³-hybridized carbons (Fsp3) is 0.333. The van der Waals surface area contributed by atoms with Gasteiger partial charge in [0.15, 0.2) is 10.9 Å². The van der Waals surface area contributed by atoms with E-state index in [2.05, 4.69) is 20.6 Å². The van der Waals surface area contributed by atoms with Crippen molar-refractivity contribution in [1.82, 2.24) is 20.6 Å². The number of carbonyl (C=O) groups is 2. The molecule has 2 amide bonds. The van der Waals surface area contributed by atoms with Gasteiger partial charge < -0.3 is 10.6 Å². The number of hydrogen-bond donors (Lipinski definition) is 2. The van der Waals surface area contributed by atoms with Crippen molar-refractivity contribution in [2.75, 3.05) is 12.3 Å². The molecule has 0 aliphatic carbocycles. The Bertz CT molecular complexity index is 768. The van der Waals surface area contributed by atoms with Gasteiger partial charge >= 0.3 is 0 Å². The van der Waals surface area contributed by atoms with Crippen LogP contribution in [0.3, 0.4) is 0 Å². The Labute approximate surface area is 162 Å². The summed E-state index contributed by atoms with van der Waals surface area (Å²) in [4.78, 5) is 32.4. The van der Waals surface area contributed by atoms with Gasteiger partial charge in [-0.15, -0.1) is 0 Å². The minimum Gasteiger partial charge on any atom is -0.350 e. The molecule has 0 radical (unpaired) electrons. The summed E-state index contributed by atoms with van der Waals surface area (Å²) in [5, 5.41) is 5.94. The summed E-state index contributed by atoms with van der Waals surface area (Å²) in [7, 11) is 0. The molecule has 0 fully saturated rings. The molecule has 0 spiro atoms. The number of amides is 2. The molecule has 0 aliphatic heterocycles. The van der Waals surface area contributed by atoms with Crippen LogP contribution in [-0.4, -0.2) is 34.1 Å². The van der Waals surface area contributed by atoms with Gasteiger partial charge in [-0.1, -0.05) is 60.1 Å². The van der Waals surface area contributed by atoms with Crippen molar-refractivity contribution in [3.05, 3.63) is 52.3 Å². The van der Waals surface area contributed by atoms with E-state index in [1.807, 2.05) is 38.1 Å². The number of halogens is 1. The fourth-order valence-corrected chi connectivity index (χ4v) is 2.83. The van der Waals surface area contributed by atoms with Gasteiger partial charge in [-0.3, -0.25) is 9.59 Å². The Balaban J connectivity index is 1.85. The van der Waals surface area contributed by atoms with Crippen molar-refractivity contribution in [3.8, 4) is 0 Å². The minimum absolute atomic E-state index is 0.0756. The van der Waals surface area contributed by atoms with Gasteiger partial charge in [-0.25, -0.2) is 9.97 Å². The third-order valence-electron chi connectivity index (χ3n) is 3.39. The van der Waals surface area contributed by atoms with E-state index in [-0.39, 0.29) is 23.2 Å². The first-order valence-electron chi connectivity index (χ1n) is 8.25. The molecule has 2 aromatic rings. The van der Waals surface area contributed by atoms with Crippen LogP contribution in [0.4, 0.5) is 0 Å². The van der Waals surface area contributed by atoms with Crippen molar-refractivity contribution >= 4 is 35.2 Å². The predicted octanol–water partition coefficient (Wildman–Crippen LogP) is 2.99. The molecule has 8 heteroatoms. The summed E-state index contributed by atoms with van der Waals surface area (Å²) in [5.74, 6) is 0.0651. The van der Waals surface area contributed by atoms with Crippen LogP contribution in [0.15, 0.2) is 35.6 Å². The van der Waals surface area contributed by atoms with Gasteiger partial charge in [-0.2, -0.15) is 0 Å². The lowest BCUT2D eigenvalue weighted by atomic mass is 10.1. The van der Waals surface area contributed by atoms with Gasteiger partial charge in [0.1, 0.15) is 0 Å². The van der Waals surface area contributed by atoms with Crippen LogP contribution in [-0.2, 0) is 11.3 Å². The third-order valence-corrected chi connectivity index (χ3v) is 4.74. The first-order chi connectivity index (χ1) is 12.5. The molecule has 2 N–H and O–H groups in total. The van der Waals surface area contributed by atoms with E-state index in [1.165, 1.54) is 18.0 Å². The second kappa shape index (κ2) is 10.1. The lowest BCUT2D eigenvalue weighted by Crippen LogP contribution is -2.37. The van der Waals surface area contributed by atoms with E-state index in [0.717, 1.165) is 23.3 Å². The summed E-state index contributed by atoms with van der Waals surface area (Å²) in [6, 6.07) is 7.86. The third kappa shape index (κ3) is 6.31. The number of rotatable bonds is 8. The molecule has 6 nitrogen and oxygen atoms in total. The number of thioether (sulfide) groups is 1. The van der Waals surface area contributed by atoms with Gasteiger partial charge in [0, 0.05) is 12.3 Å². The largest absolute Gasteiger partial charge is 0.350 e. The van der Waals surface area contributed by atoms with E-state index in [1.54, 1.807) is 0 Å². The number of benzene rings is 1. The lowest BCUT2D eigenvalue weighted by molar-refractivity contribution is -0.120. The SMILES string of the molecule is CCCSc1ncc(Cl)c(C(=O)NCC(=O)NCc2ccc(C)cc2)n1. The summed E-state index contributed by atoms with van der Waals surface area (Å²) in [6.45, 7) is 4.30. The van der Waals surface area contributed by atoms with E-state index < -0.39 is 5.91 Å². The maximum absolute atomic E-state index is 12.2. The zero-order valence-corrected chi connectivity index (χ0v) is 16.3. The molecule has 0 saturated carbocycles. The van der Waals surface area contributed by atoms with Crippen LogP contribution in [0.1, 0.15) is 35.0 Å². The first kappa shape index (κ1) is 20.2. The smallest absolute Gasteiger partial charge is 0.272 e. The molecule has 0 saturated heterocycles. The number of aromatic nitrogens is 2. The molecule has 0 unspecified atom stereocenters. The molecular formula is C18H21ClN4O2S. The average molecular weight is 393 g/mol. The van der Waals surface area contributed by atoms with Gasteiger partial charge in [-0.05, 0) is 18.9 Å². The van der Waals surface area contributed by atoms with Crippen LogP contribution in [0, 0.1) is 6.92 Å². The molecule has 2 rings (SSSR count). The lowest BCUT2D eigenvalue weighted by Gasteiger charge is -2.08. The van der Waals surface area contributed by atoms with Gasteiger partial charge in [0.2, 0.25) is 5.91 Å². The summed E-state index contributed by atoms with van der Waals surface area (Å²) >= 11 is 7.45. The highest BCUT2D eigenvalue weighted by atomic mass is 35.5. The predicted molar refractivity (Wildman–Crippen MR) is 103 cm³/mol. The van der Waals surface area contributed by atoms with Crippen molar-refractivity contribution in [2.45, 2.75) is 32.0 Å². The van der Waals surface area contributed by atoms with Gasteiger partial charge in [0.05, 0.1) is 17.8 Å². The number of carbonyl (C=O) groups excluding carboxylic acids is 2. The number of hydrogen-bond acceptors (Lipinski definition) is 5. The quantitative estimate of drug-likeness (QED) is 0.533. The van der Waals surface area contributed by atoms with Crippen molar-refractivity contribution < 1.29 is 9.59 Å². The monoisotopic (exact) mass is 392 g/mol. The van der Waals surface area contributed by atoms with Crippen molar-refractivity contribution in [2.24, 2.45) is 0 Å². The molecule has 26 heavy (non-hydrogen) atoms. The van der Waals surface area contributed by atoms with E-state index in [9.17, 15) is 9.59 Å². The normalized spacial score (nSPS) is 10.4. The molecule has 0 bridgehead atoms. The Hall–Kier alpha value is -2.12. The number of aryl methyl sites for hydroxylation is 1. The summed E-state index contributed by atoms with van der Waals surface area (Å²) in [6.07, 6.45) is 2.37. The summed E-state index contributed by atoms with van der Waals surface area (Å²) in [5.41, 5.74) is 2.23. The van der Waals surface area contributed by atoms with E-state index in [0.29, 0.717) is 11.7 Å². The van der Waals surface area contributed by atoms with Crippen LogP contribution < -0.4 is 10.6 Å². The molecule has 1 aromatic heterocycles. The highest BCUT2D eigenvalue weighted by molar-refractivity contribution is 7.99. The van der Waals surface area contributed by atoms with Crippen LogP contribution in [0.2, 0.25) is 5.02 Å². The first-order valence-corrected chi connectivity index (χ1v) is 9.61. The van der Waals surface area contributed by atoms with Crippen LogP contribution in [0.5, 0.6) is 0 Å². The highest BCUT2D eigenvalue weighted by Gasteiger charge is 2.15. The Morgan fingerprint density at radius 3 is 2.62 bits per heavy atom. The second-order valence-corrected chi connectivity index (χ2v) is 7.11.